The van der Waals surface area contributed by atoms with E-state index < -0.39 is 5.60 Å². The summed E-state index contributed by atoms with van der Waals surface area (Å²) in [6, 6.07) is 2.08. The smallest absolute Gasteiger partial charge is 0.131 e. The molecule has 0 radical (unpaired) electrons. The van der Waals surface area contributed by atoms with Crippen molar-refractivity contribution in [3.63, 3.8) is 0 Å². The number of halogens is 1. The van der Waals surface area contributed by atoms with E-state index in [1.54, 1.807) is 16.9 Å². The number of rotatable bonds is 6. The minimum Gasteiger partial charge on any atom is -0.390 e. The lowest BCUT2D eigenvalue weighted by molar-refractivity contribution is 0.0714. The maximum Gasteiger partial charge on any atom is 0.131 e. The van der Waals surface area contributed by atoms with Crippen LogP contribution in [0.25, 0.3) is 5.69 Å². The molecule has 0 aliphatic heterocycles. The fourth-order valence-corrected chi connectivity index (χ4v) is 2.26. The maximum absolute atomic E-state index is 9.81. The van der Waals surface area contributed by atoms with Crippen LogP contribution in [0.2, 0.25) is 5.15 Å². The Balaban J connectivity index is 2.23. The first-order chi connectivity index (χ1) is 10.2. The highest BCUT2D eigenvalue weighted by atomic mass is 35.5. The van der Waals surface area contributed by atoms with Gasteiger partial charge in [0.2, 0.25) is 0 Å². The highest BCUT2D eigenvalue weighted by Crippen LogP contribution is 2.23. The van der Waals surface area contributed by atoms with Crippen molar-refractivity contribution in [1.82, 2.24) is 14.8 Å². The van der Waals surface area contributed by atoms with Crippen molar-refractivity contribution in [2.75, 3.05) is 5.32 Å². The second kappa shape index (κ2) is 6.67. The second-order valence-electron chi connectivity index (χ2n) is 6.43. The summed E-state index contributed by atoms with van der Waals surface area (Å²) in [6.45, 7) is 7.75. The minimum atomic E-state index is -0.672. The molecule has 22 heavy (non-hydrogen) atoms. The average molecular weight is 323 g/mol. The molecule has 6 heteroatoms. The van der Waals surface area contributed by atoms with Gasteiger partial charge in [0.25, 0.3) is 0 Å². The largest absolute Gasteiger partial charge is 0.390 e. The highest BCUT2D eigenvalue weighted by Gasteiger charge is 2.14. The Morgan fingerprint density at radius 1 is 1.36 bits per heavy atom. The molecule has 120 valence electrons. The standard InChI is InChI=1S/C16H23ClN4O/c1-11(2)20-13-7-15(17)18-9-14(13)21-10-12(8-19-21)5-6-16(3,4)22/h7-11,22H,5-6H2,1-4H3,(H,18,20). The second-order valence-corrected chi connectivity index (χ2v) is 6.82. The molecule has 2 rings (SSSR count). The Bertz CT molecular complexity index is 631. The number of hydrogen-bond acceptors (Lipinski definition) is 4. The molecule has 0 aliphatic rings. The molecule has 0 aromatic carbocycles. The van der Waals surface area contributed by atoms with Crippen LogP contribution in [0.1, 0.15) is 39.7 Å². The van der Waals surface area contributed by atoms with E-state index in [1.165, 1.54) is 0 Å². The molecule has 0 unspecified atom stereocenters. The quantitative estimate of drug-likeness (QED) is 0.800. The molecule has 0 saturated carbocycles. The molecule has 2 aromatic rings. The number of aromatic nitrogens is 3. The predicted molar refractivity (Wildman–Crippen MR) is 89.7 cm³/mol. The molecule has 0 aliphatic carbocycles. The van der Waals surface area contributed by atoms with Crippen molar-refractivity contribution >= 4 is 17.3 Å². The summed E-state index contributed by atoms with van der Waals surface area (Å²) >= 11 is 5.98. The lowest BCUT2D eigenvalue weighted by Crippen LogP contribution is -2.19. The van der Waals surface area contributed by atoms with E-state index in [-0.39, 0.29) is 6.04 Å². The first-order valence-electron chi connectivity index (χ1n) is 7.43. The van der Waals surface area contributed by atoms with Gasteiger partial charge in [0.05, 0.1) is 23.7 Å². The van der Waals surface area contributed by atoms with Gasteiger partial charge in [-0.3, -0.25) is 0 Å². The molecule has 0 atom stereocenters. The number of aliphatic hydroxyl groups is 1. The summed E-state index contributed by atoms with van der Waals surface area (Å²) in [4.78, 5) is 4.14. The van der Waals surface area contributed by atoms with Crippen molar-refractivity contribution < 1.29 is 5.11 Å². The van der Waals surface area contributed by atoms with Crippen LogP contribution in [-0.4, -0.2) is 31.5 Å². The summed E-state index contributed by atoms with van der Waals surface area (Å²) in [5, 5.41) is 18.0. The normalized spacial score (nSPS) is 12.0. The van der Waals surface area contributed by atoms with Gasteiger partial charge in [0.15, 0.2) is 0 Å². The van der Waals surface area contributed by atoms with Crippen molar-refractivity contribution in [3.8, 4) is 5.69 Å². The van der Waals surface area contributed by atoms with Crippen LogP contribution in [0, 0.1) is 0 Å². The summed E-state index contributed by atoms with van der Waals surface area (Å²) in [7, 11) is 0. The molecule has 0 saturated heterocycles. The van der Waals surface area contributed by atoms with E-state index in [9.17, 15) is 5.11 Å². The Hall–Kier alpha value is -1.59. The minimum absolute atomic E-state index is 0.280. The molecule has 0 fully saturated rings. The lowest BCUT2D eigenvalue weighted by Gasteiger charge is -2.16. The van der Waals surface area contributed by atoms with Crippen LogP contribution >= 0.6 is 11.6 Å². The van der Waals surface area contributed by atoms with Crippen LogP contribution in [0.4, 0.5) is 5.69 Å². The number of hydrogen-bond donors (Lipinski definition) is 2. The number of nitrogens with one attached hydrogen (secondary N) is 1. The fraction of sp³-hybridized carbons (Fsp3) is 0.500. The van der Waals surface area contributed by atoms with E-state index in [1.807, 2.05) is 26.2 Å². The molecule has 2 aromatic heterocycles. The third kappa shape index (κ3) is 4.71. The number of aryl methyl sites for hydroxylation is 1. The van der Waals surface area contributed by atoms with Crippen LogP contribution < -0.4 is 5.32 Å². The molecule has 5 nitrogen and oxygen atoms in total. The van der Waals surface area contributed by atoms with Crippen LogP contribution in [0.15, 0.2) is 24.7 Å². The third-order valence-electron chi connectivity index (χ3n) is 3.20. The SMILES string of the molecule is CC(C)Nc1cc(Cl)ncc1-n1cc(CCC(C)(C)O)cn1. The van der Waals surface area contributed by atoms with Gasteiger partial charge in [0, 0.05) is 18.3 Å². The van der Waals surface area contributed by atoms with Crippen molar-refractivity contribution in [2.24, 2.45) is 0 Å². The molecule has 0 amide bonds. The van der Waals surface area contributed by atoms with Crippen LogP contribution in [-0.2, 0) is 6.42 Å². The van der Waals surface area contributed by atoms with E-state index in [0.29, 0.717) is 11.6 Å². The topological polar surface area (TPSA) is 63.0 Å². The van der Waals surface area contributed by atoms with E-state index in [4.69, 9.17) is 11.6 Å². The van der Waals surface area contributed by atoms with Crippen molar-refractivity contribution in [2.45, 2.75) is 52.2 Å². The third-order valence-corrected chi connectivity index (χ3v) is 3.41. The first-order valence-corrected chi connectivity index (χ1v) is 7.81. The van der Waals surface area contributed by atoms with Gasteiger partial charge in [-0.1, -0.05) is 11.6 Å². The van der Waals surface area contributed by atoms with Gasteiger partial charge in [0.1, 0.15) is 10.8 Å². The predicted octanol–water partition coefficient (Wildman–Crippen LogP) is 3.44. The summed E-state index contributed by atoms with van der Waals surface area (Å²) in [5.74, 6) is 0. The Labute approximate surface area is 136 Å². The Morgan fingerprint density at radius 3 is 2.73 bits per heavy atom. The Kier molecular flexibility index (Phi) is 5.08. The zero-order chi connectivity index (χ0) is 16.3. The van der Waals surface area contributed by atoms with Crippen molar-refractivity contribution in [1.29, 1.82) is 0 Å². The van der Waals surface area contributed by atoms with Gasteiger partial charge in [-0.15, -0.1) is 0 Å². The van der Waals surface area contributed by atoms with Gasteiger partial charge in [-0.05, 0) is 46.1 Å². The Morgan fingerprint density at radius 2 is 2.09 bits per heavy atom. The summed E-state index contributed by atoms with van der Waals surface area (Å²) in [5.41, 5.74) is 2.15. The van der Waals surface area contributed by atoms with E-state index in [2.05, 4.69) is 29.2 Å². The highest BCUT2D eigenvalue weighted by molar-refractivity contribution is 6.29. The van der Waals surface area contributed by atoms with E-state index in [0.717, 1.165) is 23.4 Å². The monoisotopic (exact) mass is 322 g/mol. The van der Waals surface area contributed by atoms with E-state index >= 15 is 0 Å². The molecule has 2 heterocycles. The molecular formula is C16H23ClN4O. The number of nitrogens with zero attached hydrogens (tertiary/aromatic N) is 3. The molecule has 2 N–H and O–H groups in total. The molecule has 0 spiro atoms. The van der Waals surface area contributed by atoms with Crippen LogP contribution in [0.3, 0.4) is 0 Å². The first kappa shape index (κ1) is 16.8. The zero-order valence-electron chi connectivity index (χ0n) is 13.5. The fourth-order valence-electron chi connectivity index (χ4n) is 2.10. The zero-order valence-corrected chi connectivity index (χ0v) is 14.2. The number of anilines is 1. The number of pyridine rings is 1. The van der Waals surface area contributed by atoms with Gasteiger partial charge >= 0.3 is 0 Å². The average Bonchev–Trinajstić information content (AvgIpc) is 2.83. The van der Waals surface area contributed by atoms with Gasteiger partial charge < -0.3 is 10.4 Å². The van der Waals surface area contributed by atoms with Crippen molar-refractivity contribution in [3.05, 3.63) is 35.4 Å². The van der Waals surface area contributed by atoms with Gasteiger partial charge in [-0.25, -0.2) is 9.67 Å². The molecule has 0 bridgehead atoms. The van der Waals surface area contributed by atoms with Gasteiger partial charge in [-0.2, -0.15) is 5.10 Å². The van der Waals surface area contributed by atoms with Crippen LogP contribution in [0.5, 0.6) is 0 Å². The summed E-state index contributed by atoms with van der Waals surface area (Å²) in [6.07, 6.45) is 6.95. The lowest BCUT2D eigenvalue weighted by atomic mass is 10.0. The maximum atomic E-state index is 9.81. The summed E-state index contributed by atoms with van der Waals surface area (Å²) < 4.78 is 1.79. The molecular weight excluding hydrogens is 300 g/mol.